The number of amides is 1. The van der Waals surface area contributed by atoms with Crippen LogP contribution in [-0.2, 0) is 27.7 Å². The van der Waals surface area contributed by atoms with Crippen LogP contribution in [0.15, 0.2) is 0 Å². The van der Waals surface area contributed by atoms with Crippen LogP contribution in [0, 0.1) is 5.92 Å². The smallest absolute Gasteiger partial charge is 0.350 e. The molecule has 0 saturated carbocycles. The minimum atomic E-state index is -4.53. The van der Waals surface area contributed by atoms with E-state index in [1.807, 2.05) is 20.9 Å². The van der Waals surface area contributed by atoms with Crippen molar-refractivity contribution in [2.75, 3.05) is 73.7 Å². The molecular formula is C16H37N3O8S2+2. The summed E-state index contributed by atoms with van der Waals surface area (Å²) in [4.78, 5) is 12.0. The minimum absolute atomic E-state index is 0.00961. The number of quaternary nitrogens is 2. The summed E-state index contributed by atoms with van der Waals surface area (Å²) in [5, 5.41) is 13.4. The van der Waals surface area contributed by atoms with Gasteiger partial charge in [0.2, 0.25) is 5.91 Å². The van der Waals surface area contributed by atoms with Crippen molar-refractivity contribution in [2.24, 2.45) is 5.92 Å². The first-order valence-electron chi connectivity index (χ1n) is 9.47. The molecule has 0 spiro atoms. The average Bonchev–Trinajstić information content (AvgIpc) is 2.62. The zero-order valence-corrected chi connectivity index (χ0v) is 19.6. The Kier molecular flexibility index (Phi) is 13.5. The van der Waals surface area contributed by atoms with Crippen molar-refractivity contribution < 1.29 is 44.7 Å². The number of carbonyl (C=O) groups is 1. The van der Waals surface area contributed by atoms with Crippen molar-refractivity contribution in [2.45, 2.75) is 20.3 Å². The molecule has 13 heteroatoms. The van der Waals surface area contributed by atoms with Gasteiger partial charge in [-0.3, -0.25) is 17.7 Å². The van der Waals surface area contributed by atoms with Crippen molar-refractivity contribution in [3.8, 4) is 0 Å². The summed E-state index contributed by atoms with van der Waals surface area (Å²) in [6.45, 7) is 6.48. The van der Waals surface area contributed by atoms with Gasteiger partial charge in [0, 0.05) is 5.92 Å². The highest BCUT2D eigenvalue weighted by atomic mass is 32.3. The van der Waals surface area contributed by atoms with E-state index in [9.17, 15) is 18.4 Å². The molecule has 0 heterocycles. The lowest BCUT2D eigenvalue weighted by Gasteiger charge is -2.36. The maximum Gasteiger partial charge on any atom is 0.397 e. The van der Waals surface area contributed by atoms with E-state index >= 15 is 0 Å². The lowest BCUT2D eigenvalue weighted by Crippen LogP contribution is -2.57. The Hall–Kier alpha value is -0.510. The van der Waals surface area contributed by atoms with Gasteiger partial charge >= 0.3 is 10.4 Å². The predicted molar refractivity (Wildman–Crippen MR) is 109 cm³/mol. The van der Waals surface area contributed by atoms with Gasteiger partial charge in [-0.05, 0) is 6.42 Å². The highest BCUT2D eigenvalue weighted by molar-refractivity contribution is 7.89. The first kappa shape index (κ1) is 28.5. The molecule has 0 aromatic carbocycles. The summed E-state index contributed by atoms with van der Waals surface area (Å²) in [5.41, 5.74) is 0. The van der Waals surface area contributed by atoms with Crippen LogP contribution >= 0.6 is 12.3 Å². The Morgan fingerprint density at radius 3 is 2.34 bits per heavy atom. The molecular weight excluding hydrogens is 426 g/mol. The van der Waals surface area contributed by atoms with E-state index in [0.717, 1.165) is 18.7 Å². The lowest BCUT2D eigenvalue weighted by atomic mass is 10.1. The van der Waals surface area contributed by atoms with Gasteiger partial charge in [0.15, 0.2) is 18.9 Å². The third kappa shape index (κ3) is 15.0. The summed E-state index contributed by atoms with van der Waals surface area (Å²) >= 11 is 0.891. The van der Waals surface area contributed by atoms with E-state index in [0.29, 0.717) is 43.8 Å². The second-order valence-electron chi connectivity index (χ2n) is 7.48. The number of hydrogen-bond acceptors (Lipinski definition) is 8. The van der Waals surface area contributed by atoms with Crippen molar-refractivity contribution in [3.05, 3.63) is 0 Å². The third-order valence-electron chi connectivity index (χ3n) is 4.77. The molecule has 0 bridgehead atoms. The first-order valence-corrected chi connectivity index (χ1v) is 11.5. The molecule has 3 N–H and O–H groups in total. The summed E-state index contributed by atoms with van der Waals surface area (Å²) in [5.74, 6) is -0.0363. The molecule has 0 aromatic rings. The summed E-state index contributed by atoms with van der Waals surface area (Å²) in [7, 11) is 0.492. The topological polar surface area (TPSA) is 131 Å². The van der Waals surface area contributed by atoms with E-state index in [1.165, 1.54) is 14.2 Å². The maximum atomic E-state index is 12.0. The molecule has 174 valence electrons. The number of rotatable bonds is 17. The van der Waals surface area contributed by atoms with Crippen molar-refractivity contribution >= 4 is 28.6 Å². The molecule has 0 rings (SSSR count). The van der Waals surface area contributed by atoms with E-state index in [2.05, 4.69) is 9.50 Å². The molecule has 29 heavy (non-hydrogen) atoms. The number of carbonyl (C=O) groups excluding carboxylic acids is 1. The molecule has 0 aliphatic rings. The number of likely N-dealkylation sites (N-methyl/N-ethyl adjacent to an activating group) is 2. The molecule has 0 fully saturated rings. The zero-order chi connectivity index (χ0) is 22.6. The van der Waals surface area contributed by atoms with E-state index in [1.54, 1.807) is 0 Å². The van der Waals surface area contributed by atoms with Gasteiger partial charge in [-0.2, -0.15) is 13.1 Å². The molecule has 0 radical (unpaired) electrons. The second kappa shape index (κ2) is 13.7. The summed E-state index contributed by atoms with van der Waals surface area (Å²) < 4.78 is 44.3. The fraction of sp³-hybridized carbons (Fsp3) is 0.938. The lowest BCUT2D eigenvalue weighted by molar-refractivity contribution is -1.10. The van der Waals surface area contributed by atoms with Gasteiger partial charge in [0.25, 0.3) is 0 Å². The highest BCUT2D eigenvalue weighted by Gasteiger charge is 2.29. The van der Waals surface area contributed by atoms with Crippen molar-refractivity contribution in [3.63, 3.8) is 0 Å². The van der Waals surface area contributed by atoms with Crippen LogP contribution in [0.1, 0.15) is 20.3 Å². The van der Waals surface area contributed by atoms with Gasteiger partial charge in [0.05, 0.1) is 34.3 Å². The molecule has 3 atom stereocenters. The Labute approximate surface area is 178 Å². The average molecular weight is 464 g/mol. The van der Waals surface area contributed by atoms with Gasteiger partial charge in [-0.1, -0.05) is 13.8 Å². The fourth-order valence-electron chi connectivity index (χ4n) is 2.39. The van der Waals surface area contributed by atoms with Crippen LogP contribution in [0.4, 0.5) is 0 Å². The number of hydrogen-bond donors (Lipinski definition) is 3. The Balaban J connectivity index is 4.72. The van der Waals surface area contributed by atoms with E-state index in [4.69, 9.17) is 12.9 Å². The summed E-state index contributed by atoms with van der Waals surface area (Å²) in [6.07, 6.45) is 0.770. The van der Waals surface area contributed by atoms with E-state index < -0.39 is 15.0 Å². The molecule has 0 aromatic heterocycles. The zero-order valence-electron chi connectivity index (χ0n) is 18.0. The number of hydroxylamine groups is 3. The first-order chi connectivity index (χ1) is 13.3. The normalized spacial score (nSPS) is 17.3. The summed E-state index contributed by atoms with van der Waals surface area (Å²) in [6, 6.07) is 0. The van der Waals surface area contributed by atoms with Crippen LogP contribution in [-0.4, -0.2) is 107 Å². The fourth-order valence-corrected chi connectivity index (χ4v) is 2.92. The maximum absolute atomic E-state index is 12.0. The number of nitrogens with one attached hydrogen (secondary N) is 1. The standard InChI is InChI=1S/C16H35N3O8S2/c1-6-15(2)16(20)17-7-8-18(3,11-13-26-28-25-5)9-10-19(4,21)12-14-27-29(22,23)24/h15,21H,6-14H2,1-5H3/p+2. The van der Waals surface area contributed by atoms with Gasteiger partial charge in [0.1, 0.15) is 32.8 Å². The highest BCUT2D eigenvalue weighted by Crippen LogP contribution is 2.09. The minimum Gasteiger partial charge on any atom is -0.350 e. The molecule has 11 nitrogen and oxygen atoms in total. The van der Waals surface area contributed by atoms with Gasteiger partial charge in [-0.25, -0.2) is 9.39 Å². The molecule has 0 aliphatic heterocycles. The van der Waals surface area contributed by atoms with Crippen LogP contribution in [0.5, 0.6) is 0 Å². The molecule has 0 aliphatic carbocycles. The van der Waals surface area contributed by atoms with Gasteiger partial charge < -0.3 is 9.80 Å². The molecule has 0 saturated heterocycles. The van der Waals surface area contributed by atoms with Gasteiger partial charge in [-0.15, -0.1) is 0 Å². The Morgan fingerprint density at radius 1 is 1.14 bits per heavy atom. The van der Waals surface area contributed by atoms with Crippen LogP contribution in [0.2, 0.25) is 0 Å². The van der Waals surface area contributed by atoms with Crippen molar-refractivity contribution in [1.29, 1.82) is 0 Å². The molecule has 1 amide bonds. The van der Waals surface area contributed by atoms with Crippen molar-refractivity contribution in [1.82, 2.24) is 5.32 Å². The van der Waals surface area contributed by atoms with Crippen LogP contribution < -0.4 is 5.32 Å². The Bertz CT molecular complexity index is 577. The SMILES string of the molecule is CCC(C)C(=O)NCC[N+](C)(CCOSOC)CC[N+](C)(O)CCOS(=O)(=O)O. The van der Waals surface area contributed by atoms with E-state index in [-0.39, 0.29) is 25.0 Å². The largest absolute Gasteiger partial charge is 0.397 e. The Morgan fingerprint density at radius 2 is 1.79 bits per heavy atom. The molecule has 3 unspecified atom stereocenters. The monoisotopic (exact) mass is 463 g/mol. The predicted octanol–water partition coefficient (Wildman–Crippen LogP) is 0.477. The van der Waals surface area contributed by atoms with Crippen LogP contribution in [0.25, 0.3) is 0 Å². The second-order valence-corrected chi connectivity index (χ2v) is 9.28. The quantitative estimate of drug-likeness (QED) is 0.0926. The third-order valence-corrected chi connectivity index (χ3v) is 5.63. The number of nitrogens with zero attached hydrogens (tertiary/aromatic N) is 2. The van der Waals surface area contributed by atoms with Crippen LogP contribution in [0.3, 0.4) is 0 Å².